The predicted octanol–water partition coefficient (Wildman–Crippen LogP) is 0.969. The molecule has 3 N–H and O–H groups in total. The predicted molar refractivity (Wildman–Crippen MR) is 61.3 cm³/mol. The summed E-state index contributed by atoms with van der Waals surface area (Å²) in [6, 6.07) is 0. The van der Waals surface area contributed by atoms with Gasteiger partial charge in [0.1, 0.15) is 5.76 Å². The molecule has 0 aliphatic heterocycles. The van der Waals surface area contributed by atoms with Crippen molar-refractivity contribution in [2.24, 2.45) is 5.73 Å². The maximum absolute atomic E-state index is 11.6. The number of nitrogens with two attached hydrogens (primary N) is 1. The summed E-state index contributed by atoms with van der Waals surface area (Å²) in [5, 5.41) is 2.62. The maximum Gasteiger partial charge on any atom is 0.307 e. The molecule has 0 atom stereocenters. The number of aryl methyl sites for hydroxylation is 1. The normalized spacial score (nSPS) is 11.6. The molecule has 0 spiro atoms. The molecular formula is C11H19N3O2. The van der Waals surface area contributed by atoms with Crippen molar-refractivity contribution in [3.05, 3.63) is 17.3 Å². The van der Waals surface area contributed by atoms with Gasteiger partial charge in [-0.2, -0.15) is 0 Å². The van der Waals surface area contributed by atoms with Crippen molar-refractivity contribution in [1.29, 1.82) is 0 Å². The molecule has 0 aliphatic rings. The van der Waals surface area contributed by atoms with E-state index in [1.807, 2.05) is 27.7 Å². The second kappa shape index (κ2) is 4.65. The first-order valence-electron chi connectivity index (χ1n) is 5.32. The van der Waals surface area contributed by atoms with E-state index in [4.69, 9.17) is 10.2 Å². The molecule has 0 saturated heterocycles. The molecule has 1 rings (SSSR count). The summed E-state index contributed by atoms with van der Waals surface area (Å²) in [6.07, 6.45) is 0. The highest BCUT2D eigenvalue weighted by Gasteiger charge is 2.25. The number of nitrogens with zero attached hydrogens (tertiary/aromatic N) is 1. The molecule has 0 aliphatic carbocycles. The first-order chi connectivity index (χ1) is 7.36. The highest BCUT2D eigenvalue weighted by atomic mass is 16.4. The first kappa shape index (κ1) is 12.7. The van der Waals surface area contributed by atoms with Crippen molar-refractivity contribution in [3.8, 4) is 0 Å². The zero-order valence-electron chi connectivity index (χ0n) is 10.3. The second-order valence-electron chi connectivity index (χ2n) is 4.73. The van der Waals surface area contributed by atoms with Crippen LogP contribution in [-0.2, 0) is 5.41 Å². The second-order valence-corrected chi connectivity index (χ2v) is 4.73. The summed E-state index contributed by atoms with van der Waals surface area (Å²) in [5.74, 6) is 0.533. The number of hydrogen-bond donors (Lipinski definition) is 2. The van der Waals surface area contributed by atoms with Gasteiger partial charge in [0.2, 0.25) is 0 Å². The van der Waals surface area contributed by atoms with Gasteiger partial charge in [0.25, 0.3) is 5.89 Å². The minimum absolute atomic E-state index is 0.107. The Kier molecular flexibility index (Phi) is 3.70. The van der Waals surface area contributed by atoms with Crippen LogP contribution in [-0.4, -0.2) is 24.0 Å². The molecule has 0 aromatic carbocycles. The molecule has 1 amide bonds. The molecule has 5 heteroatoms. The molecule has 1 heterocycles. The highest BCUT2D eigenvalue weighted by Crippen LogP contribution is 2.26. The van der Waals surface area contributed by atoms with Crippen LogP contribution in [0.3, 0.4) is 0 Å². The quantitative estimate of drug-likeness (QED) is 0.803. The molecule has 0 saturated carbocycles. The third-order valence-electron chi connectivity index (χ3n) is 2.10. The van der Waals surface area contributed by atoms with Gasteiger partial charge in [0.05, 0.1) is 5.69 Å². The van der Waals surface area contributed by atoms with E-state index in [0.29, 0.717) is 13.1 Å². The Morgan fingerprint density at radius 3 is 2.56 bits per heavy atom. The number of oxazole rings is 1. The lowest BCUT2D eigenvalue weighted by Gasteiger charge is -2.14. The number of aromatic nitrogens is 1. The van der Waals surface area contributed by atoms with Crippen molar-refractivity contribution < 1.29 is 9.21 Å². The Hall–Kier alpha value is -1.36. The molecule has 16 heavy (non-hydrogen) atoms. The van der Waals surface area contributed by atoms with Crippen molar-refractivity contribution in [2.45, 2.75) is 33.1 Å². The van der Waals surface area contributed by atoms with Gasteiger partial charge in [-0.25, -0.2) is 4.98 Å². The van der Waals surface area contributed by atoms with E-state index in [9.17, 15) is 4.79 Å². The summed E-state index contributed by atoms with van der Waals surface area (Å²) in [7, 11) is 0. The first-order valence-corrected chi connectivity index (χ1v) is 5.32. The summed E-state index contributed by atoms with van der Waals surface area (Å²) >= 11 is 0. The topological polar surface area (TPSA) is 81.2 Å². The van der Waals surface area contributed by atoms with Crippen LogP contribution in [0.25, 0.3) is 0 Å². The third kappa shape index (κ3) is 2.82. The summed E-state index contributed by atoms with van der Waals surface area (Å²) in [4.78, 5) is 15.7. The minimum Gasteiger partial charge on any atom is -0.437 e. The van der Waals surface area contributed by atoms with Gasteiger partial charge >= 0.3 is 5.91 Å². The van der Waals surface area contributed by atoms with Crippen molar-refractivity contribution in [3.63, 3.8) is 0 Å². The molecule has 90 valence electrons. The smallest absolute Gasteiger partial charge is 0.307 e. The molecule has 0 radical (unpaired) electrons. The average molecular weight is 225 g/mol. The van der Waals surface area contributed by atoms with Crippen LogP contribution in [0.15, 0.2) is 4.42 Å². The number of carbonyl (C=O) groups excluding carboxylic acids is 1. The number of nitrogens with one attached hydrogen (secondary N) is 1. The third-order valence-corrected chi connectivity index (χ3v) is 2.10. The Balaban J connectivity index is 2.89. The van der Waals surface area contributed by atoms with Gasteiger partial charge in [0.15, 0.2) is 0 Å². The fourth-order valence-corrected chi connectivity index (χ4v) is 1.45. The Bertz CT molecular complexity index is 377. The summed E-state index contributed by atoms with van der Waals surface area (Å²) in [6.45, 7) is 8.71. The highest BCUT2D eigenvalue weighted by molar-refractivity contribution is 5.89. The molecule has 0 unspecified atom stereocenters. The van der Waals surface area contributed by atoms with Crippen LogP contribution in [0.1, 0.15) is 42.9 Å². The number of hydrogen-bond acceptors (Lipinski definition) is 4. The Labute approximate surface area is 95.4 Å². The summed E-state index contributed by atoms with van der Waals surface area (Å²) < 4.78 is 5.47. The lowest BCUT2D eigenvalue weighted by atomic mass is 9.92. The molecule has 0 fully saturated rings. The standard InChI is InChI=1S/C11H19N3O2/c1-7-8(11(2,3)4)16-10(14-7)9(15)13-6-5-12/h5-6,12H2,1-4H3,(H,13,15). The maximum atomic E-state index is 11.6. The van der Waals surface area contributed by atoms with Crippen LogP contribution in [0.2, 0.25) is 0 Å². The number of amides is 1. The molecule has 1 aromatic heterocycles. The van der Waals surface area contributed by atoms with Gasteiger partial charge in [-0.05, 0) is 6.92 Å². The van der Waals surface area contributed by atoms with E-state index >= 15 is 0 Å². The zero-order valence-corrected chi connectivity index (χ0v) is 10.3. The molecular weight excluding hydrogens is 206 g/mol. The number of carbonyl (C=O) groups is 1. The number of rotatable bonds is 3. The van der Waals surface area contributed by atoms with Crippen LogP contribution in [0.4, 0.5) is 0 Å². The zero-order chi connectivity index (χ0) is 12.3. The van der Waals surface area contributed by atoms with Crippen molar-refractivity contribution in [1.82, 2.24) is 10.3 Å². The van der Waals surface area contributed by atoms with Crippen LogP contribution < -0.4 is 11.1 Å². The fourth-order valence-electron chi connectivity index (χ4n) is 1.45. The monoisotopic (exact) mass is 225 g/mol. The SMILES string of the molecule is Cc1nc(C(=O)NCCN)oc1C(C)(C)C. The van der Waals surface area contributed by atoms with Gasteiger partial charge in [-0.1, -0.05) is 20.8 Å². The van der Waals surface area contributed by atoms with Crippen molar-refractivity contribution >= 4 is 5.91 Å². The molecule has 0 bridgehead atoms. The van der Waals surface area contributed by atoms with E-state index in [2.05, 4.69) is 10.3 Å². The van der Waals surface area contributed by atoms with E-state index in [-0.39, 0.29) is 17.2 Å². The Morgan fingerprint density at radius 2 is 2.12 bits per heavy atom. The minimum atomic E-state index is -0.316. The fraction of sp³-hybridized carbons (Fsp3) is 0.636. The molecule has 5 nitrogen and oxygen atoms in total. The Morgan fingerprint density at radius 1 is 1.50 bits per heavy atom. The lowest BCUT2D eigenvalue weighted by molar-refractivity contribution is 0.0916. The van der Waals surface area contributed by atoms with Crippen LogP contribution >= 0.6 is 0 Å². The van der Waals surface area contributed by atoms with Crippen LogP contribution in [0.5, 0.6) is 0 Å². The van der Waals surface area contributed by atoms with Gasteiger partial charge in [0, 0.05) is 18.5 Å². The van der Waals surface area contributed by atoms with E-state index in [0.717, 1.165) is 11.5 Å². The largest absolute Gasteiger partial charge is 0.437 e. The lowest BCUT2D eigenvalue weighted by Crippen LogP contribution is -2.29. The van der Waals surface area contributed by atoms with Gasteiger partial charge in [-0.3, -0.25) is 4.79 Å². The summed E-state index contributed by atoms with van der Waals surface area (Å²) in [5.41, 5.74) is 5.90. The van der Waals surface area contributed by atoms with Crippen LogP contribution in [0, 0.1) is 6.92 Å². The van der Waals surface area contributed by atoms with Crippen molar-refractivity contribution in [2.75, 3.05) is 13.1 Å². The van der Waals surface area contributed by atoms with Gasteiger partial charge in [-0.15, -0.1) is 0 Å². The average Bonchev–Trinajstić information content (AvgIpc) is 2.56. The van der Waals surface area contributed by atoms with Gasteiger partial charge < -0.3 is 15.5 Å². The van der Waals surface area contributed by atoms with E-state index in [1.165, 1.54) is 0 Å². The van der Waals surface area contributed by atoms with E-state index in [1.54, 1.807) is 0 Å². The molecule has 1 aromatic rings. The van der Waals surface area contributed by atoms with E-state index < -0.39 is 0 Å².